The molecule has 2 aromatic rings. The smallest absolute Gasteiger partial charge is 0.338 e. The zero-order chi connectivity index (χ0) is 19.4. The van der Waals surface area contributed by atoms with E-state index in [0.717, 1.165) is 32.7 Å². The average molecular weight is 370 g/mol. The molecule has 7 heteroatoms. The van der Waals surface area contributed by atoms with Crippen LogP contribution in [-0.2, 0) is 11.3 Å². The minimum atomic E-state index is -0.572. The first-order chi connectivity index (χ1) is 13.0. The lowest BCUT2D eigenvalue weighted by atomic mass is 10.1. The Labute approximate surface area is 158 Å². The number of benzene rings is 2. The van der Waals surface area contributed by atoms with E-state index in [1.165, 1.54) is 29.2 Å². The summed E-state index contributed by atoms with van der Waals surface area (Å²) in [7, 11) is 1.26. The van der Waals surface area contributed by atoms with Crippen LogP contribution in [0.25, 0.3) is 0 Å². The molecule has 2 aromatic carbocycles. The van der Waals surface area contributed by atoms with E-state index in [4.69, 9.17) is 0 Å². The van der Waals surface area contributed by atoms with Gasteiger partial charge in [-0.05, 0) is 19.1 Å². The third-order valence-electron chi connectivity index (χ3n) is 4.98. The van der Waals surface area contributed by atoms with Crippen molar-refractivity contribution in [2.45, 2.75) is 13.5 Å². The molecule has 27 heavy (non-hydrogen) atoms. The van der Waals surface area contributed by atoms with Crippen LogP contribution in [0.15, 0.2) is 42.5 Å². The molecule has 0 spiro atoms. The summed E-state index contributed by atoms with van der Waals surface area (Å²) < 4.78 is 4.66. The number of rotatable bonds is 5. The molecule has 1 saturated heterocycles. The van der Waals surface area contributed by atoms with Gasteiger partial charge in [-0.15, -0.1) is 0 Å². The highest BCUT2D eigenvalue weighted by Crippen LogP contribution is 2.29. The molecule has 0 bridgehead atoms. The highest BCUT2D eigenvalue weighted by atomic mass is 16.6. The molecule has 0 aliphatic carbocycles. The van der Waals surface area contributed by atoms with E-state index < -0.39 is 10.9 Å². The van der Waals surface area contributed by atoms with Gasteiger partial charge < -0.3 is 14.5 Å². The number of anilines is 1. The van der Waals surface area contributed by atoms with Crippen LogP contribution in [0.4, 0.5) is 11.4 Å². The summed E-state index contributed by atoms with van der Waals surface area (Å²) >= 11 is 0. The molecule has 0 radical (unpaired) electrons. The van der Waals surface area contributed by atoms with Crippen molar-refractivity contribution in [1.29, 1.82) is 0 Å². The van der Waals surface area contributed by atoms with Crippen LogP contribution in [0.2, 0.25) is 0 Å². The fourth-order valence-electron chi connectivity index (χ4n) is 3.42. The molecule has 0 aromatic heterocycles. The molecule has 0 amide bonds. The van der Waals surface area contributed by atoms with Gasteiger partial charge in [0.25, 0.3) is 5.69 Å². The van der Waals surface area contributed by atoms with Crippen molar-refractivity contribution in [3.63, 3.8) is 0 Å². The SMILES string of the molecule is COC(=O)c1ccc(N2CC[NH+](Cc3ccc(C)cc3)CC2)c([N+](=O)[O-])c1. The van der Waals surface area contributed by atoms with E-state index in [1.807, 2.05) is 4.90 Å². The largest absolute Gasteiger partial charge is 0.465 e. The number of nitrogens with zero attached hydrogens (tertiary/aromatic N) is 2. The molecule has 0 unspecified atom stereocenters. The molecule has 7 nitrogen and oxygen atoms in total. The molecule has 1 N–H and O–H groups in total. The van der Waals surface area contributed by atoms with E-state index >= 15 is 0 Å². The Morgan fingerprint density at radius 1 is 1.19 bits per heavy atom. The summed E-state index contributed by atoms with van der Waals surface area (Å²) in [6, 6.07) is 13.1. The quantitative estimate of drug-likeness (QED) is 0.491. The number of hydrogen-bond donors (Lipinski definition) is 1. The van der Waals surface area contributed by atoms with Crippen LogP contribution in [0.1, 0.15) is 21.5 Å². The van der Waals surface area contributed by atoms with Crippen molar-refractivity contribution in [2.75, 3.05) is 38.2 Å². The molecule has 1 fully saturated rings. The zero-order valence-electron chi connectivity index (χ0n) is 15.6. The van der Waals surface area contributed by atoms with Crippen LogP contribution in [0, 0.1) is 17.0 Å². The van der Waals surface area contributed by atoms with Crippen molar-refractivity contribution >= 4 is 17.3 Å². The molecular formula is C20H24N3O4+. The number of esters is 1. The normalized spacial score (nSPS) is 14.8. The molecule has 1 aliphatic heterocycles. The number of nitro benzene ring substituents is 1. The first-order valence-electron chi connectivity index (χ1n) is 8.98. The lowest BCUT2D eigenvalue weighted by Crippen LogP contribution is -3.13. The Kier molecular flexibility index (Phi) is 5.71. The lowest BCUT2D eigenvalue weighted by molar-refractivity contribution is -0.914. The summed E-state index contributed by atoms with van der Waals surface area (Å²) in [4.78, 5) is 26.2. The number of piperazine rings is 1. The third kappa shape index (κ3) is 4.43. The molecule has 142 valence electrons. The van der Waals surface area contributed by atoms with Crippen LogP contribution < -0.4 is 9.80 Å². The predicted octanol–water partition coefficient (Wildman–Crippen LogP) is 1.59. The van der Waals surface area contributed by atoms with Crippen molar-refractivity contribution in [2.24, 2.45) is 0 Å². The summed E-state index contributed by atoms with van der Waals surface area (Å²) in [6.45, 7) is 6.32. The fourth-order valence-corrected chi connectivity index (χ4v) is 3.42. The van der Waals surface area contributed by atoms with E-state index in [9.17, 15) is 14.9 Å². The lowest BCUT2D eigenvalue weighted by Gasteiger charge is -2.33. The van der Waals surface area contributed by atoms with E-state index in [0.29, 0.717) is 5.69 Å². The third-order valence-corrected chi connectivity index (χ3v) is 4.98. The zero-order valence-corrected chi connectivity index (χ0v) is 15.6. The second-order valence-electron chi connectivity index (χ2n) is 6.85. The number of hydrogen-bond acceptors (Lipinski definition) is 5. The van der Waals surface area contributed by atoms with Gasteiger partial charge in [0.15, 0.2) is 0 Å². The number of quaternary nitrogens is 1. The van der Waals surface area contributed by atoms with Crippen LogP contribution in [-0.4, -0.2) is 44.2 Å². The molecule has 1 aliphatic rings. The van der Waals surface area contributed by atoms with Crippen LogP contribution >= 0.6 is 0 Å². The molecule has 0 atom stereocenters. The summed E-state index contributed by atoms with van der Waals surface area (Å²) in [5, 5.41) is 11.5. The first-order valence-corrected chi connectivity index (χ1v) is 8.98. The first kappa shape index (κ1) is 18.8. The van der Waals surface area contributed by atoms with Gasteiger partial charge in [0.2, 0.25) is 0 Å². The van der Waals surface area contributed by atoms with Gasteiger partial charge in [0, 0.05) is 11.6 Å². The van der Waals surface area contributed by atoms with Crippen molar-refractivity contribution in [3.8, 4) is 0 Å². The van der Waals surface area contributed by atoms with E-state index in [2.05, 4.69) is 35.9 Å². The monoisotopic (exact) mass is 370 g/mol. The summed E-state index contributed by atoms with van der Waals surface area (Å²) in [6.07, 6.45) is 0. The molecule has 1 heterocycles. The average Bonchev–Trinajstić information content (AvgIpc) is 2.69. The fraction of sp³-hybridized carbons (Fsp3) is 0.350. The van der Waals surface area contributed by atoms with Gasteiger partial charge in [0.1, 0.15) is 12.2 Å². The molecule has 3 rings (SSSR count). The highest BCUT2D eigenvalue weighted by molar-refractivity contribution is 5.91. The number of nitro groups is 1. The Bertz CT molecular complexity index is 828. The second-order valence-corrected chi connectivity index (χ2v) is 6.85. The number of aryl methyl sites for hydroxylation is 1. The number of carbonyl (C=O) groups excluding carboxylic acids is 1. The summed E-state index contributed by atoms with van der Waals surface area (Å²) in [5.74, 6) is -0.572. The summed E-state index contributed by atoms with van der Waals surface area (Å²) in [5.41, 5.74) is 3.25. The van der Waals surface area contributed by atoms with E-state index in [-0.39, 0.29) is 11.3 Å². The Morgan fingerprint density at radius 2 is 1.85 bits per heavy atom. The predicted molar refractivity (Wildman–Crippen MR) is 102 cm³/mol. The maximum Gasteiger partial charge on any atom is 0.338 e. The van der Waals surface area contributed by atoms with Gasteiger partial charge >= 0.3 is 5.97 Å². The number of nitrogens with one attached hydrogen (secondary N) is 1. The van der Waals surface area contributed by atoms with Crippen LogP contribution in [0.3, 0.4) is 0 Å². The number of ether oxygens (including phenoxy) is 1. The maximum absolute atomic E-state index is 11.7. The van der Waals surface area contributed by atoms with Gasteiger partial charge in [-0.1, -0.05) is 29.8 Å². The molecule has 0 saturated carbocycles. The number of methoxy groups -OCH3 is 1. The van der Waals surface area contributed by atoms with Crippen molar-refractivity contribution in [3.05, 3.63) is 69.3 Å². The topological polar surface area (TPSA) is 77.1 Å². The van der Waals surface area contributed by atoms with Gasteiger partial charge in [-0.3, -0.25) is 10.1 Å². The van der Waals surface area contributed by atoms with Gasteiger partial charge in [0.05, 0.1) is 43.8 Å². The van der Waals surface area contributed by atoms with Crippen LogP contribution in [0.5, 0.6) is 0 Å². The van der Waals surface area contributed by atoms with Gasteiger partial charge in [-0.2, -0.15) is 0 Å². The maximum atomic E-state index is 11.7. The minimum absolute atomic E-state index is 0.0557. The van der Waals surface area contributed by atoms with E-state index in [1.54, 1.807) is 12.1 Å². The minimum Gasteiger partial charge on any atom is -0.465 e. The van der Waals surface area contributed by atoms with Crippen molar-refractivity contribution in [1.82, 2.24) is 0 Å². The Morgan fingerprint density at radius 3 is 2.44 bits per heavy atom. The Hall–Kier alpha value is -2.93. The number of carbonyl (C=O) groups is 1. The second kappa shape index (κ2) is 8.18. The van der Waals surface area contributed by atoms with Crippen molar-refractivity contribution < 1.29 is 19.4 Å². The standard InChI is InChI=1S/C20H23N3O4/c1-15-3-5-16(6-4-15)14-21-9-11-22(12-10-21)18-8-7-17(20(24)27-2)13-19(18)23(25)26/h3-8,13H,9-12,14H2,1-2H3/p+1. The Balaban J connectivity index is 1.69. The highest BCUT2D eigenvalue weighted by Gasteiger charge is 2.26. The van der Waals surface area contributed by atoms with Gasteiger partial charge in [-0.25, -0.2) is 4.79 Å². The molecular weight excluding hydrogens is 346 g/mol.